The first kappa shape index (κ1) is 13.2. The second-order valence-electron chi connectivity index (χ2n) is 3.73. The molecule has 3 nitrogen and oxygen atoms in total. The summed E-state index contributed by atoms with van der Waals surface area (Å²) in [5.74, 6) is 0. The zero-order valence-electron chi connectivity index (χ0n) is 8.88. The van der Waals surface area contributed by atoms with E-state index in [2.05, 4.69) is 9.22 Å². The largest absolute Gasteiger partial charge is 0.379 e. The van der Waals surface area contributed by atoms with Crippen molar-refractivity contribution in [1.29, 1.82) is 0 Å². The van der Waals surface area contributed by atoms with E-state index in [1.165, 1.54) is 19.3 Å². The van der Waals surface area contributed by atoms with Crippen molar-refractivity contribution in [2.75, 3.05) is 13.1 Å². The van der Waals surface area contributed by atoms with Gasteiger partial charge in [-0.15, -0.1) is 9.22 Å². The Labute approximate surface area is 93.4 Å². The van der Waals surface area contributed by atoms with Gasteiger partial charge in [-0.3, -0.25) is 0 Å². The van der Waals surface area contributed by atoms with Crippen LogP contribution in [0.15, 0.2) is 0 Å². The topological polar surface area (TPSA) is 21.7 Å². The summed E-state index contributed by atoms with van der Waals surface area (Å²) < 4.78 is 30.8. The van der Waals surface area contributed by atoms with E-state index in [0.717, 1.165) is 38.2 Å². The molecule has 0 spiro atoms. The first-order chi connectivity index (χ1) is 7.08. The quantitative estimate of drug-likeness (QED) is 0.325. The Bertz CT molecular complexity index is 170. The highest BCUT2D eigenvalue weighted by atomic mass is 32.2. The van der Waals surface area contributed by atoms with E-state index >= 15 is 0 Å². The maximum Gasteiger partial charge on any atom is 0.379 e. The summed E-state index contributed by atoms with van der Waals surface area (Å²) in [6.45, 7) is 2.38. The van der Waals surface area contributed by atoms with Gasteiger partial charge in [-0.1, -0.05) is 19.3 Å². The standard InChI is InChI=1S/C9H17F2NO2S/c1-9(10,11)13-14-15-12-7-5-3-2-4-6-8-12/h2-8H2,1H3. The van der Waals surface area contributed by atoms with E-state index in [1.54, 1.807) is 0 Å². The molecule has 1 fully saturated rings. The molecule has 0 aromatic heterocycles. The van der Waals surface area contributed by atoms with Gasteiger partial charge >= 0.3 is 6.11 Å². The van der Waals surface area contributed by atoms with Crippen LogP contribution in [0.3, 0.4) is 0 Å². The van der Waals surface area contributed by atoms with Gasteiger partial charge in [0.2, 0.25) is 0 Å². The molecule has 0 aromatic rings. The summed E-state index contributed by atoms with van der Waals surface area (Å²) in [6.07, 6.45) is 2.60. The zero-order valence-corrected chi connectivity index (χ0v) is 9.69. The van der Waals surface area contributed by atoms with Crippen LogP contribution in [0, 0.1) is 0 Å². The third-order valence-corrected chi connectivity index (χ3v) is 2.84. The molecule has 15 heavy (non-hydrogen) atoms. The molecule has 1 saturated heterocycles. The molecule has 1 aliphatic rings. The number of alkyl halides is 2. The first-order valence-corrected chi connectivity index (χ1v) is 5.93. The number of hydrogen-bond donors (Lipinski definition) is 0. The minimum Gasteiger partial charge on any atom is -0.224 e. The highest BCUT2D eigenvalue weighted by molar-refractivity contribution is 7.92. The Morgan fingerprint density at radius 2 is 1.60 bits per heavy atom. The highest BCUT2D eigenvalue weighted by Crippen LogP contribution is 2.22. The van der Waals surface area contributed by atoms with Crippen LogP contribution in [-0.2, 0) is 9.22 Å². The Hall–Kier alpha value is 0.0900. The van der Waals surface area contributed by atoms with Crippen LogP contribution in [0.5, 0.6) is 0 Å². The van der Waals surface area contributed by atoms with Crippen molar-refractivity contribution in [3.05, 3.63) is 0 Å². The molecule has 0 unspecified atom stereocenters. The maximum absolute atomic E-state index is 12.2. The third kappa shape index (κ3) is 7.05. The molecule has 0 bridgehead atoms. The maximum atomic E-state index is 12.2. The van der Waals surface area contributed by atoms with Gasteiger partial charge in [0, 0.05) is 20.0 Å². The lowest BCUT2D eigenvalue weighted by Crippen LogP contribution is -2.22. The third-order valence-electron chi connectivity index (χ3n) is 2.13. The Kier molecular flexibility index (Phi) is 5.81. The molecule has 0 saturated carbocycles. The van der Waals surface area contributed by atoms with Gasteiger partial charge in [0.1, 0.15) is 12.2 Å². The van der Waals surface area contributed by atoms with Gasteiger partial charge in [0.15, 0.2) is 0 Å². The van der Waals surface area contributed by atoms with Crippen LogP contribution >= 0.6 is 12.2 Å². The molecule has 0 atom stereocenters. The monoisotopic (exact) mass is 241 g/mol. The molecular weight excluding hydrogens is 224 g/mol. The molecule has 0 amide bonds. The Morgan fingerprint density at radius 1 is 1.07 bits per heavy atom. The van der Waals surface area contributed by atoms with Gasteiger partial charge in [0.05, 0.1) is 0 Å². The fourth-order valence-electron chi connectivity index (χ4n) is 1.41. The van der Waals surface area contributed by atoms with Crippen molar-refractivity contribution in [2.45, 2.75) is 45.1 Å². The molecule has 90 valence electrons. The molecule has 0 aromatic carbocycles. The summed E-state index contributed by atoms with van der Waals surface area (Å²) in [7, 11) is 0. The average Bonchev–Trinajstić information content (AvgIpc) is 2.06. The van der Waals surface area contributed by atoms with Crippen molar-refractivity contribution in [3.8, 4) is 0 Å². The summed E-state index contributed by atoms with van der Waals surface area (Å²) in [4.78, 5) is 3.89. The first-order valence-electron chi connectivity index (χ1n) is 5.23. The normalized spacial score (nSPS) is 21.0. The van der Waals surface area contributed by atoms with E-state index < -0.39 is 6.11 Å². The molecule has 6 heteroatoms. The molecule has 0 N–H and O–H groups in total. The fraction of sp³-hybridized carbons (Fsp3) is 1.00. The summed E-state index contributed by atoms with van der Waals surface area (Å²) in [5, 5.41) is 0. The number of rotatable bonds is 4. The van der Waals surface area contributed by atoms with E-state index in [-0.39, 0.29) is 0 Å². The number of hydrogen-bond acceptors (Lipinski definition) is 4. The van der Waals surface area contributed by atoms with Crippen LogP contribution in [0.25, 0.3) is 0 Å². The van der Waals surface area contributed by atoms with Gasteiger partial charge in [-0.2, -0.15) is 8.78 Å². The van der Waals surface area contributed by atoms with Crippen LogP contribution < -0.4 is 0 Å². The molecule has 1 aliphatic heterocycles. The van der Waals surface area contributed by atoms with Crippen LogP contribution in [-0.4, -0.2) is 23.5 Å². The van der Waals surface area contributed by atoms with Crippen molar-refractivity contribution in [3.63, 3.8) is 0 Å². The minimum atomic E-state index is -3.23. The zero-order chi connectivity index (χ0) is 11.1. The van der Waals surface area contributed by atoms with Crippen LogP contribution in [0.2, 0.25) is 0 Å². The van der Waals surface area contributed by atoms with E-state index in [9.17, 15) is 8.78 Å². The van der Waals surface area contributed by atoms with Crippen molar-refractivity contribution < 1.29 is 18.0 Å². The summed E-state index contributed by atoms with van der Waals surface area (Å²) >= 11 is 0.878. The summed E-state index contributed by atoms with van der Waals surface area (Å²) in [6, 6.07) is 0. The Morgan fingerprint density at radius 3 is 2.13 bits per heavy atom. The lowest BCUT2D eigenvalue weighted by atomic mass is 10.1. The SMILES string of the molecule is CC(F)(F)OOSN1CCCCCCC1. The highest BCUT2D eigenvalue weighted by Gasteiger charge is 2.24. The van der Waals surface area contributed by atoms with Crippen LogP contribution in [0.1, 0.15) is 39.0 Å². The molecule has 1 rings (SSSR count). The second kappa shape index (κ2) is 6.62. The lowest BCUT2D eigenvalue weighted by Gasteiger charge is -2.21. The van der Waals surface area contributed by atoms with Gasteiger partial charge < -0.3 is 0 Å². The Balaban J connectivity index is 2.12. The molecule has 1 heterocycles. The van der Waals surface area contributed by atoms with Gasteiger partial charge in [0.25, 0.3) is 0 Å². The van der Waals surface area contributed by atoms with Gasteiger partial charge in [-0.25, -0.2) is 4.31 Å². The van der Waals surface area contributed by atoms with Crippen molar-refractivity contribution in [2.24, 2.45) is 0 Å². The second-order valence-corrected chi connectivity index (χ2v) is 4.53. The molecule has 0 aliphatic carbocycles. The van der Waals surface area contributed by atoms with Gasteiger partial charge in [-0.05, 0) is 12.8 Å². The summed E-state index contributed by atoms with van der Waals surface area (Å²) in [5.41, 5.74) is 0. The predicted octanol–water partition coefficient (Wildman–Crippen LogP) is 3.38. The molecule has 0 radical (unpaired) electrons. The predicted molar refractivity (Wildman–Crippen MR) is 55.0 cm³/mol. The lowest BCUT2D eigenvalue weighted by molar-refractivity contribution is -0.376. The minimum absolute atomic E-state index is 0.654. The number of halogens is 2. The van der Waals surface area contributed by atoms with Crippen molar-refractivity contribution >= 4 is 12.2 Å². The smallest absolute Gasteiger partial charge is 0.224 e. The van der Waals surface area contributed by atoms with Crippen LogP contribution in [0.4, 0.5) is 8.78 Å². The fourth-order valence-corrected chi connectivity index (χ4v) is 2.05. The number of nitrogens with zero attached hydrogens (tertiary/aromatic N) is 1. The average molecular weight is 241 g/mol. The van der Waals surface area contributed by atoms with E-state index in [1.807, 2.05) is 4.31 Å². The molecular formula is C9H17F2NO2S. The van der Waals surface area contributed by atoms with E-state index in [0.29, 0.717) is 6.92 Å². The van der Waals surface area contributed by atoms with Crippen molar-refractivity contribution in [1.82, 2.24) is 4.31 Å². The van der Waals surface area contributed by atoms with E-state index in [4.69, 9.17) is 0 Å².